The van der Waals surface area contributed by atoms with Gasteiger partial charge in [-0.3, -0.25) is 4.99 Å². The van der Waals surface area contributed by atoms with Crippen LogP contribution in [-0.4, -0.2) is 11.8 Å². The van der Waals surface area contributed by atoms with Crippen LogP contribution in [0.3, 0.4) is 0 Å². The van der Waals surface area contributed by atoms with Crippen molar-refractivity contribution in [3.63, 3.8) is 0 Å². The molecule has 1 aliphatic heterocycles. The van der Waals surface area contributed by atoms with E-state index < -0.39 is 0 Å². The first-order valence-electron chi connectivity index (χ1n) is 2.82. The van der Waals surface area contributed by atoms with Crippen molar-refractivity contribution in [3.05, 3.63) is 0 Å². The number of hydrogen-bond acceptors (Lipinski definition) is 1. The van der Waals surface area contributed by atoms with Crippen molar-refractivity contribution >= 4 is 5.71 Å². The van der Waals surface area contributed by atoms with Crippen LogP contribution >= 0.6 is 0 Å². The highest BCUT2D eigenvalue weighted by Gasteiger charge is 2.07. The van der Waals surface area contributed by atoms with Crippen LogP contribution in [0, 0.1) is 0 Å². The molecule has 0 saturated carbocycles. The molecule has 0 N–H and O–H groups in total. The third-order valence-corrected chi connectivity index (χ3v) is 1.36. The molecule has 0 radical (unpaired) electrons. The molecule has 0 aromatic carbocycles. The van der Waals surface area contributed by atoms with Crippen LogP contribution in [-0.2, 0) is 0 Å². The first-order chi connectivity index (χ1) is 3.29. The minimum atomic E-state index is 0.611. The van der Waals surface area contributed by atoms with Gasteiger partial charge in [-0.25, -0.2) is 0 Å². The fraction of sp³-hybridized carbons (Fsp3) is 0.833. The van der Waals surface area contributed by atoms with Crippen LogP contribution in [0.5, 0.6) is 0 Å². The van der Waals surface area contributed by atoms with Crippen molar-refractivity contribution in [3.8, 4) is 0 Å². The Kier molecular flexibility index (Phi) is 1.13. The molecule has 0 bridgehead atoms. The van der Waals surface area contributed by atoms with Crippen molar-refractivity contribution in [1.82, 2.24) is 0 Å². The molecule has 1 rings (SSSR count). The van der Waals surface area contributed by atoms with Gasteiger partial charge in [-0.15, -0.1) is 0 Å². The first-order valence-corrected chi connectivity index (χ1v) is 2.82. The Labute approximate surface area is 44.5 Å². The molecule has 1 nitrogen and oxygen atoms in total. The van der Waals surface area contributed by atoms with Crippen molar-refractivity contribution < 1.29 is 0 Å². The molecule has 1 heterocycles. The summed E-state index contributed by atoms with van der Waals surface area (Å²) in [5.41, 5.74) is 1.33. The summed E-state index contributed by atoms with van der Waals surface area (Å²) in [6, 6.07) is 0.611. The van der Waals surface area contributed by atoms with E-state index >= 15 is 0 Å². The van der Waals surface area contributed by atoms with E-state index in [4.69, 9.17) is 0 Å². The van der Waals surface area contributed by atoms with Gasteiger partial charge in [-0.1, -0.05) is 0 Å². The maximum Gasteiger partial charge on any atom is 0.0474 e. The molecule has 7 heavy (non-hydrogen) atoms. The largest absolute Gasteiger partial charge is 0.291 e. The molecule has 1 aliphatic rings. The molecule has 0 amide bonds. The Morgan fingerprint density at radius 2 is 2.43 bits per heavy atom. The summed E-state index contributed by atoms with van der Waals surface area (Å²) in [6.07, 6.45) is 2.49. The van der Waals surface area contributed by atoms with E-state index in [1.165, 1.54) is 18.6 Å². The average Bonchev–Trinajstić information content (AvgIpc) is 1.87. The fourth-order valence-electron chi connectivity index (χ4n) is 0.923. The second kappa shape index (κ2) is 1.65. The lowest BCUT2D eigenvalue weighted by Gasteiger charge is -1.88. The summed E-state index contributed by atoms with van der Waals surface area (Å²) >= 11 is 0. The molecule has 0 unspecified atom stereocenters. The minimum Gasteiger partial charge on any atom is -0.291 e. The molecule has 0 aromatic rings. The number of nitrogens with zero attached hydrogens (tertiary/aromatic N) is 1. The Morgan fingerprint density at radius 1 is 1.71 bits per heavy atom. The molecular formula is C6H11N. The summed E-state index contributed by atoms with van der Waals surface area (Å²) < 4.78 is 0. The van der Waals surface area contributed by atoms with Crippen LogP contribution in [0.1, 0.15) is 26.7 Å². The molecule has 0 aliphatic carbocycles. The third-order valence-electron chi connectivity index (χ3n) is 1.36. The third kappa shape index (κ3) is 1.02. The van der Waals surface area contributed by atoms with Crippen LogP contribution in [0.15, 0.2) is 4.99 Å². The van der Waals surface area contributed by atoms with Gasteiger partial charge in [0.1, 0.15) is 0 Å². The van der Waals surface area contributed by atoms with E-state index in [1.54, 1.807) is 0 Å². The van der Waals surface area contributed by atoms with E-state index in [0.29, 0.717) is 6.04 Å². The van der Waals surface area contributed by atoms with Crippen LogP contribution in [0.25, 0.3) is 0 Å². The summed E-state index contributed by atoms with van der Waals surface area (Å²) in [5.74, 6) is 0. The van der Waals surface area contributed by atoms with Gasteiger partial charge in [0.2, 0.25) is 0 Å². The smallest absolute Gasteiger partial charge is 0.0474 e. The van der Waals surface area contributed by atoms with Crippen molar-refractivity contribution in [1.29, 1.82) is 0 Å². The highest BCUT2D eigenvalue weighted by molar-refractivity contribution is 5.83. The van der Waals surface area contributed by atoms with Crippen molar-refractivity contribution in [2.45, 2.75) is 32.7 Å². The zero-order valence-corrected chi connectivity index (χ0v) is 4.94. The lowest BCUT2D eigenvalue weighted by Crippen LogP contribution is -1.86. The molecule has 1 heteroatoms. The highest BCUT2D eigenvalue weighted by Crippen LogP contribution is 2.10. The topological polar surface area (TPSA) is 12.4 Å². The van der Waals surface area contributed by atoms with E-state index in [0.717, 1.165) is 0 Å². The normalized spacial score (nSPS) is 30.6. The van der Waals surface area contributed by atoms with E-state index in [9.17, 15) is 0 Å². The Balaban J connectivity index is 2.50. The molecule has 0 fully saturated rings. The second-order valence-electron chi connectivity index (χ2n) is 2.25. The van der Waals surface area contributed by atoms with Crippen LogP contribution in [0.2, 0.25) is 0 Å². The monoisotopic (exact) mass is 97.1 g/mol. The number of rotatable bonds is 0. The predicted octanol–water partition coefficient (Wildman–Crippen LogP) is 1.63. The second-order valence-corrected chi connectivity index (χ2v) is 2.25. The van der Waals surface area contributed by atoms with E-state index in [-0.39, 0.29) is 0 Å². The standard InChI is InChI=1S/C6H11N/c1-5-3-4-6(2)7-5/h5H,3-4H2,1-2H3/t5-/m0/s1. The molecule has 1 atom stereocenters. The van der Waals surface area contributed by atoms with Crippen LogP contribution < -0.4 is 0 Å². The Hall–Kier alpha value is -0.330. The molecule has 0 saturated heterocycles. The average molecular weight is 97.2 g/mol. The Morgan fingerprint density at radius 3 is 2.57 bits per heavy atom. The van der Waals surface area contributed by atoms with Crippen molar-refractivity contribution in [2.75, 3.05) is 0 Å². The van der Waals surface area contributed by atoms with Gasteiger partial charge in [0.15, 0.2) is 0 Å². The maximum absolute atomic E-state index is 4.31. The lowest BCUT2D eigenvalue weighted by atomic mass is 10.2. The van der Waals surface area contributed by atoms with Gasteiger partial charge in [0, 0.05) is 11.8 Å². The molecular weight excluding hydrogens is 86.1 g/mol. The molecule has 0 spiro atoms. The molecule has 40 valence electrons. The van der Waals surface area contributed by atoms with Gasteiger partial charge in [0.05, 0.1) is 0 Å². The zero-order chi connectivity index (χ0) is 5.28. The van der Waals surface area contributed by atoms with Crippen molar-refractivity contribution in [2.24, 2.45) is 4.99 Å². The number of aliphatic imine (C=N–C) groups is 1. The SMILES string of the molecule is CC1=N[C@@H](C)CC1. The first kappa shape index (κ1) is 4.82. The maximum atomic E-state index is 4.31. The van der Waals surface area contributed by atoms with E-state index in [1.807, 2.05) is 0 Å². The van der Waals surface area contributed by atoms with Gasteiger partial charge < -0.3 is 0 Å². The summed E-state index contributed by atoms with van der Waals surface area (Å²) in [5, 5.41) is 0. The highest BCUT2D eigenvalue weighted by atomic mass is 14.8. The zero-order valence-electron chi connectivity index (χ0n) is 4.94. The van der Waals surface area contributed by atoms with Gasteiger partial charge >= 0.3 is 0 Å². The molecule has 0 aromatic heterocycles. The van der Waals surface area contributed by atoms with Crippen LogP contribution in [0.4, 0.5) is 0 Å². The summed E-state index contributed by atoms with van der Waals surface area (Å²) in [6.45, 7) is 4.26. The van der Waals surface area contributed by atoms with E-state index in [2.05, 4.69) is 18.8 Å². The van der Waals surface area contributed by atoms with Gasteiger partial charge in [-0.05, 0) is 26.7 Å². The predicted molar refractivity (Wildman–Crippen MR) is 31.8 cm³/mol. The summed E-state index contributed by atoms with van der Waals surface area (Å²) in [7, 11) is 0. The number of hydrogen-bond donors (Lipinski definition) is 0. The summed E-state index contributed by atoms with van der Waals surface area (Å²) in [4.78, 5) is 4.31. The Bertz CT molecular complexity index is 94.4. The lowest BCUT2D eigenvalue weighted by molar-refractivity contribution is 0.739. The quantitative estimate of drug-likeness (QED) is 0.435. The van der Waals surface area contributed by atoms with Gasteiger partial charge in [0.25, 0.3) is 0 Å². The fourth-order valence-corrected chi connectivity index (χ4v) is 0.923. The van der Waals surface area contributed by atoms with Gasteiger partial charge in [-0.2, -0.15) is 0 Å². The minimum absolute atomic E-state index is 0.611.